The Morgan fingerprint density at radius 2 is 2.08 bits per heavy atom. The second kappa shape index (κ2) is 7.11. The van der Waals surface area contributed by atoms with E-state index in [1.54, 1.807) is 17.2 Å². The molecule has 3 rings (SSSR count). The second-order valence-electron chi connectivity index (χ2n) is 6.83. The number of sulfone groups is 1. The molecule has 8 heteroatoms. The average Bonchev–Trinajstić information content (AvgIpc) is 3.12. The van der Waals surface area contributed by atoms with E-state index in [1.165, 1.54) is 12.3 Å². The molecule has 26 heavy (non-hydrogen) atoms. The lowest BCUT2D eigenvalue weighted by Gasteiger charge is -2.35. The number of amides is 2. The first-order valence-corrected chi connectivity index (χ1v) is 10.5. The van der Waals surface area contributed by atoms with E-state index in [0.29, 0.717) is 12.2 Å². The molecule has 1 aliphatic rings. The molecule has 0 spiro atoms. The summed E-state index contributed by atoms with van der Waals surface area (Å²) in [5.41, 5.74) is 3.13. The molecule has 1 aromatic carbocycles. The summed E-state index contributed by atoms with van der Waals surface area (Å²) < 4.78 is 23.8. The van der Waals surface area contributed by atoms with Crippen LogP contribution in [0.25, 0.3) is 0 Å². The van der Waals surface area contributed by atoms with Gasteiger partial charge in [-0.25, -0.2) is 13.2 Å². The van der Waals surface area contributed by atoms with Crippen LogP contribution in [0.3, 0.4) is 0 Å². The van der Waals surface area contributed by atoms with Crippen molar-refractivity contribution in [1.82, 2.24) is 15.1 Å². The van der Waals surface area contributed by atoms with Gasteiger partial charge in [-0.3, -0.25) is 5.10 Å². The van der Waals surface area contributed by atoms with E-state index in [4.69, 9.17) is 0 Å². The highest BCUT2D eigenvalue weighted by molar-refractivity contribution is 7.90. The first kappa shape index (κ1) is 18.4. The number of carbonyl (C=O) groups is 1. The van der Waals surface area contributed by atoms with Crippen LogP contribution >= 0.6 is 0 Å². The zero-order valence-corrected chi connectivity index (χ0v) is 16.1. The van der Waals surface area contributed by atoms with Crippen LogP contribution in [0.5, 0.6) is 0 Å². The minimum absolute atomic E-state index is 0.0502. The van der Waals surface area contributed by atoms with Crippen molar-refractivity contribution in [1.29, 1.82) is 0 Å². The van der Waals surface area contributed by atoms with E-state index in [9.17, 15) is 13.2 Å². The number of nitrogens with one attached hydrogen (secondary N) is 2. The molecule has 140 valence electrons. The Bertz CT molecular complexity index is 907. The first-order valence-electron chi connectivity index (χ1n) is 8.65. The van der Waals surface area contributed by atoms with E-state index >= 15 is 0 Å². The number of urea groups is 1. The van der Waals surface area contributed by atoms with Gasteiger partial charge in [0.2, 0.25) is 0 Å². The summed E-state index contributed by atoms with van der Waals surface area (Å²) in [4.78, 5) is 14.9. The van der Waals surface area contributed by atoms with Crippen LogP contribution in [0.1, 0.15) is 42.1 Å². The summed E-state index contributed by atoms with van der Waals surface area (Å²) in [6.07, 6.45) is 5.72. The van der Waals surface area contributed by atoms with Gasteiger partial charge in [0.05, 0.1) is 16.6 Å². The quantitative estimate of drug-likeness (QED) is 0.860. The van der Waals surface area contributed by atoms with Gasteiger partial charge < -0.3 is 10.2 Å². The Kier molecular flexibility index (Phi) is 5.04. The predicted octanol–water partition coefficient (Wildman–Crippen LogP) is 3.19. The third-order valence-electron chi connectivity index (χ3n) is 4.96. The van der Waals surface area contributed by atoms with Crippen molar-refractivity contribution in [3.8, 4) is 0 Å². The number of H-pyrrole nitrogens is 1. The summed E-state index contributed by atoms with van der Waals surface area (Å²) in [7, 11) is -3.35. The summed E-state index contributed by atoms with van der Waals surface area (Å²) in [5, 5.41) is 9.86. The van der Waals surface area contributed by atoms with Gasteiger partial charge in [-0.2, -0.15) is 5.10 Å². The topological polar surface area (TPSA) is 95.2 Å². The van der Waals surface area contributed by atoms with E-state index in [0.717, 1.165) is 36.1 Å². The van der Waals surface area contributed by atoms with Gasteiger partial charge in [-0.05, 0) is 62.4 Å². The zero-order valence-electron chi connectivity index (χ0n) is 15.2. The highest BCUT2D eigenvalue weighted by Crippen LogP contribution is 2.31. The average molecular weight is 376 g/mol. The number of aryl methyl sites for hydroxylation is 1. The monoisotopic (exact) mass is 376 g/mol. The van der Waals surface area contributed by atoms with E-state index in [2.05, 4.69) is 15.5 Å². The molecule has 1 fully saturated rings. The molecular weight excluding hydrogens is 352 g/mol. The zero-order chi connectivity index (χ0) is 18.9. The SMILES string of the molecule is Cc1cc(S(C)(=O)=O)cc(NC(=O)N2CCCCC2c2ccn[nH]2)c1C. The molecule has 2 heterocycles. The maximum atomic E-state index is 12.9. The maximum absolute atomic E-state index is 12.9. The summed E-state index contributed by atoms with van der Waals surface area (Å²) in [6, 6.07) is 4.78. The third kappa shape index (κ3) is 3.75. The largest absolute Gasteiger partial charge is 0.322 e. The van der Waals surface area contributed by atoms with Gasteiger partial charge in [-0.15, -0.1) is 0 Å². The number of carbonyl (C=O) groups excluding carboxylic acids is 1. The molecule has 1 atom stereocenters. The third-order valence-corrected chi connectivity index (χ3v) is 6.05. The molecule has 2 N–H and O–H groups in total. The van der Waals surface area contributed by atoms with Crippen molar-refractivity contribution >= 4 is 21.6 Å². The number of piperidine rings is 1. The van der Waals surface area contributed by atoms with Crippen LogP contribution in [0.4, 0.5) is 10.5 Å². The lowest BCUT2D eigenvalue weighted by Crippen LogP contribution is -2.41. The molecule has 2 amide bonds. The highest BCUT2D eigenvalue weighted by Gasteiger charge is 2.29. The van der Waals surface area contributed by atoms with Crippen LogP contribution in [-0.2, 0) is 9.84 Å². The van der Waals surface area contributed by atoms with Gasteiger partial charge in [0.15, 0.2) is 9.84 Å². The minimum atomic E-state index is -3.35. The van der Waals surface area contributed by atoms with Crippen molar-refractivity contribution < 1.29 is 13.2 Å². The molecule has 1 aliphatic heterocycles. The number of hydrogen-bond acceptors (Lipinski definition) is 4. The molecule has 7 nitrogen and oxygen atoms in total. The van der Waals surface area contributed by atoms with Crippen LogP contribution in [-0.4, -0.2) is 42.3 Å². The summed E-state index contributed by atoms with van der Waals surface area (Å²) >= 11 is 0. The van der Waals surface area contributed by atoms with Crippen LogP contribution < -0.4 is 5.32 Å². The molecule has 0 radical (unpaired) electrons. The maximum Gasteiger partial charge on any atom is 0.322 e. The number of benzene rings is 1. The van der Waals surface area contributed by atoms with Crippen molar-refractivity contribution in [2.75, 3.05) is 18.1 Å². The standard InChI is InChI=1S/C18H24N4O3S/c1-12-10-14(26(3,24)25)11-16(13(12)2)20-18(23)22-9-5-4-6-17(22)15-7-8-19-21-15/h7-8,10-11,17H,4-6,9H2,1-3H3,(H,19,21)(H,20,23). The van der Waals surface area contributed by atoms with Crippen LogP contribution in [0.15, 0.2) is 29.3 Å². The van der Waals surface area contributed by atoms with E-state index in [1.807, 2.05) is 19.9 Å². The second-order valence-corrected chi connectivity index (χ2v) is 8.85. The van der Waals surface area contributed by atoms with Crippen molar-refractivity contribution in [3.05, 3.63) is 41.2 Å². The Balaban J connectivity index is 1.88. The summed E-state index contributed by atoms with van der Waals surface area (Å²) in [6.45, 7) is 4.37. The molecule has 1 aromatic heterocycles. The van der Waals surface area contributed by atoms with Crippen LogP contribution in [0, 0.1) is 13.8 Å². The molecule has 0 saturated carbocycles. The number of aromatic amines is 1. The number of aromatic nitrogens is 2. The lowest BCUT2D eigenvalue weighted by atomic mass is 10.00. The van der Waals surface area contributed by atoms with Crippen LogP contribution in [0.2, 0.25) is 0 Å². The fourth-order valence-electron chi connectivity index (χ4n) is 3.31. The fraction of sp³-hybridized carbons (Fsp3) is 0.444. The van der Waals surface area contributed by atoms with Gasteiger partial charge in [0.25, 0.3) is 0 Å². The number of nitrogens with zero attached hydrogens (tertiary/aromatic N) is 2. The van der Waals surface area contributed by atoms with Crippen molar-refractivity contribution in [2.24, 2.45) is 0 Å². The van der Waals surface area contributed by atoms with E-state index < -0.39 is 9.84 Å². The smallest absolute Gasteiger partial charge is 0.316 e. The fourth-order valence-corrected chi connectivity index (χ4v) is 4.03. The van der Waals surface area contributed by atoms with Gasteiger partial charge >= 0.3 is 6.03 Å². The molecule has 1 saturated heterocycles. The van der Waals surface area contributed by atoms with Crippen molar-refractivity contribution in [2.45, 2.75) is 44.0 Å². The normalized spacial score (nSPS) is 18.0. The molecule has 0 aliphatic carbocycles. The first-order chi connectivity index (χ1) is 12.3. The van der Waals surface area contributed by atoms with Crippen molar-refractivity contribution in [3.63, 3.8) is 0 Å². The predicted molar refractivity (Wildman–Crippen MR) is 99.9 cm³/mol. The van der Waals surface area contributed by atoms with Gasteiger partial charge in [-0.1, -0.05) is 0 Å². The Hall–Kier alpha value is -2.35. The number of rotatable bonds is 3. The van der Waals surface area contributed by atoms with E-state index in [-0.39, 0.29) is 17.0 Å². The molecule has 2 aromatic rings. The number of likely N-dealkylation sites (tertiary alicyclic amines) is 1. The lowest BCUT2D eigenvalue weighted by molar-refractivity contribution is 0.161. The summed E-state index contributed by atoms with van der Waals surface area (Å²) in [5.74, 6) is 0. The Labute approximate surface area is 153 Å². The number of anilines is 1. The Morgan fingerprint density at radius 1 is 1.31 bits per heavy atom. The minimum Gasteiger partial charge on any atom is -0.316 e. The number of hydrogen-bond donors (Lipinski definition) is 2. The van der Waals surface area contributed by atoms with Gasteiger partial charge in [0, 0.05) is 24.7 Å². The Morgan fingerprint density at radius 3 is 2.73 bits per heavy atom. The molecule has 1 unspecified atom stereocenters. The van der Waals surface area contributed by atoms with Gasteiger partial charge in [0.1, 0.15) is 0 Å². The molecule has 0 bridgehead atoms. The highest BCUT2D eigenvalue weighted by atomic mass is 32.2. The molecular formula is C18H24N4O3S.